The molecule has 1 aromatic carbocycles. The Morgan fingerprint density at radius 2 is 2.12 bits per heavy atom. The average Bonchev–Trinajstić information content (AvgIpc) is 2.94. The number of hydrogen-bond acceptors (Lipinski definition) is 3. The summed E-state index contributed by atoms with van der Waals surface area (Å²) in [5, 5.41) is 6.47. The number of benzene rings is 1. The molecule has 0 atom stereocenters. The number of amides is 1. The lowest BCUT2D eigenvalue weighted by Gasteiger charge is -2.15. The molecular weight excluding hydrogens is 347 g/mol. The first-order chi connectivity index (χ1) is 12.3. The number of halogens is 3. The number of carbonyl (C=O) groups excluding carboxylic acids is 1. The van der Waals surface area contributed by atoms with Crippen molar-refractivity contribution in [1.82, 2.24) is 15.1 Å². The second kappa shape index (κ2) is 7.11. The maximum Gasteiger partial charge on any atom is 0.435 e. The number of nitrogens with one attached hydrogen (secondary N) is 1. The van der Waals surface area contributed by atoms with Crippen molar-refractivity contribution in [2.45, 2.75) is 39.6 Å². The van der Waals surface area contributed by atoms with Crippen LogP contribution in [-0.2, 0) is 30.5 Å². The van der Waals surface area contributed by atoms with Gasteiger partial charge in [0.25, 0.3) is 5.91 Å². The largest absolute Gasteiger partial charge is 0.435 e. The van der Waals surface area contributed by atoms with Gasteiger partial charge < -0.3 is 10.1 Å². The molecule has 0 saturated heterocycles. The van der Waals surface area contributed by atoms with Crippen LogP contribution in [0.15, 0.2) is 18.2 Å². The molecule has 5 nitrogen and oxygen atoms in total. The predicted molar refractivity (Wildman–Crippen MR) is 88.8 cm³/mol. The normalized spacial score (nSPS) is 14.2. The molecule has 0 aliphatic carbocycles. The highest BCUT2D eigenvalue weighted by atomic mass is 19.4. The van der Waals surface area contributed by atoms with Crippen LogP contribution in [0.4, 0.5) is 13.2 Å². The van der Waals surface area contributed by atoms with E-state index in [1.54, 1.807) is 6.07 Å². The first-order valence-electron chi connectivity index (χ1n) is 8.36. The Balaban J connectivity index is 1.70. The fraction of sp³-hybridized carbons (Fsp3) is 0.444. The SMILES string of the molecule is Cc1ccc(C(=O)NCCn2nc(C(F)(F)F)c3c2CCOC3)c(C)c1. The summed E-state index contributed by atoms with van der Waals surface area (Å²) >= 11 is 0. The van der Waals surface area contributed by atoms with Gasteiger partial charge in [0.2, 0.25) is 0 Å². The van der Waals surface area contributed by atoms with Gasteiger partial charge in [-0.1, -0.05) is 17.7 Å². The van der Waals surface area contributed by atoms with Crippen LogP contribution in [-0.4, -0.2) is 28.8 Å². The zero-order valence-corrected chi connectivity index (χ0v) is 14.6. The number of aryl methyl sites for hydroxylation is 2. The quantitative estimate of drug-likeness (QED) is 0.904. The van der Waals surface area contributed by atoms with E-state index < -0.39 is 11.9 Å². The Morgan fingerprint density at radius 1 is 1.35 bits per heavy atom. The van der Waals surface area contributed by atoms with Crippen LogP contribution in [0.5, 0.6) is 0 Å². The molecule has 140 valence electrons. The van der Waals surface area contributed by atoms with E-state index in [0.717, 1.165) is 11.1 Å². The second-order valence-corrected chi connectivity index (χ2v) is 6.37. The van der Waals surface area contributed by atoms with Crippen molar-refractivity contribution in [3.8, 4) is 0 Å². The van der Waals surface area contributed by atoms with Gasteiger partial charge in [-0.3, -0.25) is 9.48 Å². The molecule has 0 radical (unpaired) electrons. The van der Waals surface area contributed by atoms with Gasteiger partial charge in [0, 0.05) is 29.8 Å². The van der Waals surface area contributed by atoms with Gasteiger partial charge >= 0.3 is 6.18 Å². The van der Waals surface area contributed by atoms with Gasteiger partial charge in [0.1, 0.15) is 0 Å². The van der Waals surface area contributed by atoms with Crippen LogP contribution in [0, 0.1) is 13.8 Å². The lowest BCUT2D eigenvalue weighted by Crippen LogP contribution is -2.29. The second-order valence-electron chi connectivity index (χ2n) is 6.37. The molecule has 0 bridgehead atoms. The summed E-state index contributed by atoms with van der Waals surface area (Å²) < 4.78 is 45.9. The molecular formula is C18H20F3N3O2. The highest BCUT2D eigenvalue weighted by molar-refractivity contribution is 5.95. The number of nitrogens with zero attached hydrogens (tertiary/aromatic N) is 2. The lowest BCUT2D eigenvalue weighted by molar-refractivity contribution is -0.142. The number of ether oxygens (including phenoxy) is 1. The summed E-state index contributed by atoms with van der Waals surface area (Å²) in [4.78, 5) is 12.3. The summed E-state index contributed by atoms with van der Waals surface area (Å²) in [5.74, 6) is -0.247. The molecule has 8 heteroatoms. The minimum absolute atomic E-state index is 0.0842. The van der Waals surface area contributed by atoms with E-state index >= 15 is 0 Å². The van der Waals surface area contributed by atoms with E-state index in [-0.39, 0.29) is 31.2 Å². The fourth-order valence-corrected chi connectivity index (χ4v) is 3.16. The summed E-state index contributed by atoms with van der Waals surface area (Å²) in [6, 6.07) is 5.50. The number of rotatable bonds is 4. The van der Waals surface area contributed by atoms with E-state index in [0.29, 0.717) is 24.3 Å². The monoisotopic (exact) mass is 367 g/mol. The van der Waals surface area contributed by atoms with Crippen molar-refractivity contribution in [2.75, 3.05) is 13.2 Å². The third-order valence-corrected chi connectivity index (χ3v) is 4.40. The molecule has 0 fully saturated rings. The molecule has 1 aliphatic rings. The molecule has 1 aromatic heterocycles. The van der Waals surface area contributed by atoms with Crippen LogP contribution < -0.4 is 5.32 Å². The number of hydrogen-bond donors (Lipinski definition) is 1. The molecule has 0 spiro atoms. The fourth-order valence-electron chi connectivity index (χ4n) is 3.16. The third kappa shape index (κ3) is 3.75. The van der Waals surface area contributed by atoms with E-state index in [1.165, 1.54) is 4.68 Å². The van der Waals surface area contributed by atoms with Gasteiger partial charge in [-0.05, 0) is 25.5 Å². The summed E-state index contributed by atoms with van der Waals surface area (Å²) in [6.07, 6.45) is -4.14. The molecule has 0 saturated carbocycles. The van der Waals surface area contributed by atoms with E-state index in [1.807, 2.05) is 26.0 Å². The number of alkyl halides is 3. The smallest absolute Gasteiger partial charge is 0.376 e. The van der Waals surface area contributed by atoms with Crippen LogP contribution in [0.3, 0.4) is 0 Å². The molecule has 2 aromatic rings. The van der Waals surface area contributed by atoms with Crippen molar-refractivity contribution in [3.05, 3.63) is 51.8 Å². The molecule has 1 N–H and O–H groups in total. The number of aromatic nitrogens is 2. The van der Waals surface area contributed by atoms with E-state index in [9.17, 15) is 18.0 Å². The van der Waals surface area contributed by atoms with Crippen molar-refractivity contribution < 1.29 is 22.7 Å². The van der Waals surface area contributed by atoms with E-state index in [2.05, 4.69) is 10.4 Å². The molecule has 2 heterocycles. The standard InChI is InChI=1S/C18H20F3N3O2/c1-11-3-4-13(12(2)9-11)17(25)22-6-7-24-15-5-8-26-10-14(15)16(23-24)18(19,20)21/h3-4,9H,5-8,10H2,1-2H3,(H,22,25). The number of fused-ring (bicyclic) bond motifs is 1. The molecule has 3 rings (SSSR count). The Bertz CT molecular complexity index is 828. The first-order valence-corrected chi connectivity index (χ1v) is 8.36. The summed E-state index contributed by atoms with van der Waals surface area (Å²) in [6.45, 7) is 4.44. The summed E-state index contributed by atoms with van der Waals surface area (Å²) in [7, 11) is 0. The van der Waals surface area contributed by atoms with Crippen molar-refractivity contribution >= 4 is 5.91 Å². The van der Waals surface area contributed by atoms with Crippen LogP contribution in [0.1, 0.15) is 38.4 Å². The molecule has 1 amide bonds. The zero-order chi connectivity index (χ0) is 18.9. The first kappa shape index (κ1) is 18.4. The minimum Gasteiger partial charge on any atom is -0.376 e. The van der Waals surface area contributed by atoms with Gasteiger partial charge in [0.15, 0.2) is 5.69 Å². The maximum atomic E-state index is 13.1. The van der Waals surface area contributed by atoms with Crippen molar-refractivity contribution in [1.29, 1.82) is 0 Å². The zero-order valence-electron chi connectivity index (χ0n) is 14.6. The van der Waals surface area contributed by atoms with Crippen molar-refractivity contribution in [3.63, 3.8) is 0 Å². The lowest BCUT2D eigenvalue weighted by atomic mass is 10.1. The molecule has 0 unspecified atom stereocenters. The van der Waals surface area contributed by atoms with Crippen LogP contribution >= 0.6 is 0 Å². The summed E-state index contributed by atoms with van der Waals surface area (Å²) in [5.41, 5.74) is 2.21. The molecule has 1 aliphatic heterocycles. The van der Waals surface area contributed by atoms with Crippen LogP contribution in [0.25, 0.3) is 0 Å². The Hall–Kier alpha value is -2.35. The Kier molecular flexibility index (Phi) is 5.04. The van der Waals surface area contributed by atoms with Gasteiger partial charge in [-0.15, -0.1) is 0 Å². The van der Waals surface area contributed by atoms with Crippen LogP contribution in [0.2, 0.25) is 0 Å². The van der Waals surface area contributed by atoms with E-state index in [4.69, 9.17) is 4.74 Å². The van der Waals surface area contributed by atoms with Gasteiger partial charge in [-0.25, -0.2) is 0 Å². The van der Waals surface area contributed by atoms with Crippen molar-refractivity contribution in [2.24, 2.45) is 0 Å². The minimum atomic E-state index is -4.52. The number of carbonyl (C=O) groups is 1. The highest BCUT2D eigenvalue weighted by Gasteiger charge is 2.39. The van der Waals surface area contributed by atoms with Gasteiger partial charge in [0.05, 0.1) is 19.8 Å². The topological polar surface area (TPSA) is 56.2 Å². The predicted octanol–water partition coefficient (Wildman–Crippen LogP) is 3.02. The maximum absolute atomic E-state index is 13.1. The van der Waals surface area contributed by atoms with Gasteiger partial charge in [-0.2, -0.15) is 18.3 Å². The molecule has 26 heavy (non-hydrogen) atoms. The average molecular weight is 367 g/mol. The Morgan fingerprint density at radius 3 is 2.81 bits per heavy atom. The third-order valence-electron chi connectivity index (χ3n) is 4.40. The highest BCUT2D eigenvalue weighted by Crippen LogP contribution is 2.34. The Labute approximate surface area is 149 Å².